The Labute approximate surface area is 197 Å². The summed E-state index contributed by atoms with van der Waals surface area (Å²) < 4.78 is 5.58. The minimum Gasteiger partial charge on any atom is -0.480 e. The lowest BCUT2D eigenvalue weighted by Gasteiger charge is -2.22. The Morgan fingerprint density at radius 1 is 1.15 bits per heavy atom. The van der Waals surface area contributed by atoms with E-state index in [2.05, 4.69) is 22.8 Å². The number of hydrogen-bond acceptors (Lipinski definition) is 7. The van der Waals surface area contributed by atoms with Crippen molar-refractivity contribution in [1.29, 1.82) is 0 Å². The standard InChI is InChI=1S/C25H26N2O5S/c1-3-27(4-2)17-10-11-18-22(14-17)32-25(31)19(23(18)26-20(15-33)24(29)30)12-13-21(28)16-8-6-5-7-9-16/h5-14,20,26,33H,3-4,15H2,1-2H3,(H,29,30)/b13-12+. The molecule has 1 atom stereocenters. The predicted octanol–water partition coefficient (Wildman–Crippen LogP) is 4.33. The van der Waals surface area contributed by atoms with E-state index in [1.54, 1.807) is 42.5 Å². The highest BCUT2D eigenvalue weighted by Crippen LogP contribution is 2.30. The maximum Gasteiger partial charge on any atom is 0.345 e. The van der Waals surface area contributed by atoms with Gasteiger partial charge in [0.25, 0.3) is 0 Å². The number of carbonyl (C=O) groups is 2. The molecule has 8 heteroatoms. The van der Waals surface area contributed by atoms with Crippen molar-refractivity contribution in [3.05, 3.63) is 76.2 Å². The van der Waals surface area contributed by atoms with Crippen molar-refractivity contribution < 1.29 is 19.1 Å². The van der Waals surface area contributed by atoms with Gasteiger partial charge in [-0.2, -0.15) is 12.6 Å². The number of thiol groups is 1. The molecular formula is C25H26N2O5S. The first-order valence-corrected chi connectivity index (χ1v) is 11.3. The summed E-state index contributed by atoms with van der Waals surface area (Å²) in [5.41, 5.74) is 1.34. The monoisotopic (exact) mass is 466 g/mol. The Kier molecular flexibility index (Phi) is 7.95. The molecule has 2 N–H and O–H groups in total. The van der Waals surface area contributed by atoms with Gasteiger partial charge in [-0.1, -0.05) is 30.3 Å². The number of carboxylic acids is 1. The van der Waals surface area contributed by atoms with E-state index in [1.807, 2.05) is 19.9 Å². The number of anilines is 2. The maximum absolute atomic E-state index is 12.9. The number of nitrogens with zero attached hydrogens (tertiary/aromatic N) is 1. The van der Waals surface area contributed by atoms with Gasteiger partial charge in [0.15, 0.2) is 5.78 Å². The lowest BCUT2D eigenvalue weighted by molar-refractivity contribution is -0.137. The van der Waals surface area contributed by atoms with Gasteiger partial charge in [0.2, 0.25) is 0 Å². The zero-order valence-corrected chi connectivity index (χ0v) is 19.3. The predicted molar refractivity (Wildman–Crippen MR) is 135 cm³/mol. The van der Waals surface area contributed by atoms with Crippen LogP contribution in [0.4, 0.5) is 11.4 Å². The molecule has 0 amide bonds. The fourth-order valence-corrected chi connectivity index (χ4v) is 3.76. The summed E-state index contributed by atoms with van der Waals surface area (Å²) in [6.45, 7) is 5.61. The SMILES string of the molecule is CCN(CC)c1ccc2c(NC(CS)C(=O)O)c(/C=C/C(=O)c3ccccc3)c(=O)oc2c1. The average molecular weight is 467 g/mol. The molecule has 3 rings (SSSR count). The van der Waals surface area contributed by atoms with Crippen molar-refractivity contribution in [1.82, 2.24) is 0 Å². The Bertz CT molecular complexity index is 1230. The van der Waals surface area contributed by atoms with Crippen molar-refractivity contribution in [3.8, 4) is 0 Å². The highest BCUT2D eigenvalue weighted by atomic mass is 32.1. The molecule has 172 valence electrons. The quantitative estimate of drug-likeness (QED) is 0.177. The molecule has 1 aromatic heterocycles. The van der Waals surface area contributed by atoms with Crippen LogP contribution >= 0.6 is 12.6 Å². The molecule has 3 aromatic rings. The van der Waals surface area contributed by atoms with Crippen LogP contribution in [0.3, 0.4) is 0 Å². The van der Waals surface area contributed by atoms with Gasteiger partial charge in [0.1, 0.15) is 11.6 Å². The highest BCUT2D eigenvalue weighted by Gasteiger charge is 2.21. The first-order chi connectivity index (χ1) is 15.9. The van der Waals surface area contributed by atoms with Crippen LogP contribution in [0.1, 0.15) is 29.8 Å². The number of benzene rings is 2. The van der Waals surface area contributed by atoms with E-state index in [0.29, 0.717) is 16.5 Å². The summed E-state index contributed by atoms with van der Waals surface area (Å²) >= 11 is 4.12. The zero-order valence-electron chi connectivity index (χ0n) is 18.4. The van der Waals surface area contributed by atoms with Gasteiger partial charge in [-0.3, -0.25) is 4.79 Å². The smallest absolute Gasteiger partial charge is 0.345 e. The fraction of sp³-hybridized carbons (Fsp3) is 0.240. The zero-order chi connectivity index (χ0) is 24.0. The third-order valence-corrected chi connectivity index (χ3v) is 5.68. The minimum absolute atomic E-state index is 0.000680. The molecule has 0 aliphatic rings. The summed E-state index contributed by atoms with van der Waals surface area (Å²) in [4.78, 5) is 39.2. The van der Waals surface area contributed by atoms with Crippen molar-refractivity contribution in [2.75, 3.05) is 29.1 Å². The topological polar surface area (TPSA) is 99.9 Å². The van der Waals surface area contributed by atoms with E-state index in [-0.39, 0.29) is 22.8 Å². The van der Waals surface area contributed by atoms with E-state index < -0.39 is 17.6 Å². The molecule has 0 spiro atoms. The van der Waals surface area contributed by atoms with Crippen molar-refractivity contribution in [2.24, 2.45) is 0 Å². The first kappa shape index (κ1) is 24.1. The second-order valence-electron chi connectivity index (χ2n) is 7.31. The number of carboxylic acid groups (broad SMARTS) is 1. The highest BCUT2D eigenvalue weighted by molar-refractivity contribution is 7.80. The van der Waals surface area contributed by atoms with Gasteiger partial charge in [-0.05, 0) is 38.1 Å². The Hall–Kier alpha value is -3.52. The number of carbonyl (C=O) groups excluding carboxylic acids is 1. The van der Waals surface area contributed by atoms with Crippen LogP contribution < -0.4 is 15.8 Å². The van der Waals surface area contributed by atoms with Gasteiger partial charge >= 0.3 is 11.6 Å². The molecule has 33 heavy (non-hydrogen) atoms. The van der Waals surface area contributed by atoms with E-state index in [4.69, 9.17) is 4.42 Å². The van der Waals surface area contributed by atoms with Gasteiger partial charge in [-0.15, -0.1) is 0 Å². The Balaban J connectivity index is 2.15. The van der Waals surface area contributed by atoms with E-state index in [9.17, 15) is 19.5 Å². The van der Waals surface area contributed by atoms with Crippen molar-refractivity contribution >= 4 is 52.8 Å². The molecule has 1 heterocycles. The van der Waals surface area contributed by atoms with Crippen molar-refractivity contribution in [3.63, 3.8) is 0 Å². The summed E-state index contributed by atoms with van der Waals surface area (Å²) in [5, 5.41) is 13.0. The van der Waals surface area contributed by atoms with E-state index in [0.717, 1.165) is 18.8 Å². The molecule has 0 fully saturated rings. The van der Waals surface area contributed by atoms with Crippen LogP contribution in [-0.2, 0) is 4.79 Å². The third-order valence-electron chi connectivity index (χ3n) is 5.31. The van der Waals surface area contributed by atoms with Gasteiger partial charge < -0.3 is 19.7 Å². The van der Waals surface area contributed by atoms with Crippen LogP contribution in [-0.4, -0.2) is 41.7 Å². The first-order valence-electron chi connectivity index (χ1n) is 10.6. The molecule has 7 nitrogen and oxygen atoms in total. The fourth-order valence-electron chi connectivity index (χ4n) is 3.51. The summed E-state index contributed by atoms with van der Waals surface area (Å²) in [5.74, 6) is -1.40. The van der Waals surface area contributed by atoms with Crippen LogP contribution in [0.15, 0.2) is 63.8 Å². The number of nitrogens with one attached hydrogen (secondary N) is 1. The molecule has 0 radical (unpaired) electrons. The number of rotatable bonds is 10. The molecule has 0 aliphatic heterocycles. The summed E-state index contributed by atoms with van der Waals surface area (Å²) in [6.07, 6.45) is 2.64. The largest absolute Gasteiger partial charge is 0.480 e. The normalized spacial score (nSPS) is 12.1. The maximum atomic E-state index is 12.9. The number of aliphatic carboxylic acids is 1. The molecular weight excluding hydrogens is 440 g/mol. The summed E-state index contributed by atoms with van der Waals surface area (Å²) in [7, 11) is 0. The third kappa shape index (κ3) is 5.46. The van der Waals surface area contributed by atoms with Crippen LogP contribution in [0.2, 0.25) is 0 Å². The molecule has 0 saturated carbocycles. The second-order valence-corrected chi connectivity index (χ2v) is 7.68. The number of hydrogen-bond donors (Lipinski definition) is 3. The number of fused-ring (bicyclic) bond motifs is 1. The van der Waals surface area contributed by atoms with Crippen LogP contribution in [0.5, 0.6) is 0 Å². The van der Waals surface area contributed by atoms with E-state index in [1.165, 1.54) is 12.2 Å². The van der Waals surface area contributed by atoms with Crippen LogP contribution in [0.25, 0.3) is 17.0 Å². The average Bonchev–Trinajstić information content (AvgIpc) is 2.82. The number of ketones is 1. The second kappa shape index (κ2) is 10.9. The van der Waals surface area contributed by atoms with E-state index >= 15 is 0 Å². The van der Waals surface area contributed by atoms with Gasteiger partial charge in [0, 0.05) is 41.5 Å². The van der Waals surface area contributed by atoms with Gasteiger partial charge in [0.05, 0.1) is 11.3 Å². The van der Waals surface area contributed by atoms with Crippen LogP contribution in [0, 0.1) is 0 Å². The lowest BCUT2D eigenvalue weighted by Crippen LogP contribution is -2.32. The Morgan fingerprint density at radius 2 is 1.85 bits per heavy atom. The molecule has 0 bridgehead atoms. The minimum atomic E-state index is -1.11. The lowest BCUT2D eigenvalue weighted by atomic mass is 10.1. The number of allylic oxidation sites excluding steroid dienone is 1. The van der Waals surface area contributed by atoms with Gasteiger partial charge in [-0.25, -0.2) is 9.59 Å². The molecule has 0 aliphatic carbocycles. The molecule has 2 aromatic carbocycles. The van der Waals surface area contributed by atoms with Crippen molar-refractivity contribution in [2.45, 2.75) is 19.9 Å². The molecule has 0 saturated heterocycles. The molecule has 1 unspecified atom stereocenters. The Morgan fingerprint density at radius 3 is 2.45 bits per heavy atom. The summed E-state index contributed by atoms with van der Waals surface area (Å²) in [6, 6.07) is 13.0.